The molecule has 6 heteroatoms. The van der Waals surface area contributed by atoms with Crippen molar-refractivity contribution < 1.29 is 9.66 Å². The van der Waals surface area contributed by atoms with Crippen molar-refractivity contribution >= 4 is 28.6 Å². The number of hydrogen-bond donors (Lipinski definition) is 0. The number of thiocarbonyl (C=S) groups is 1. The molecule has 5 nitrogen and oxygen atoms in total. The lowest BCUT2D eigenvalue weighted by atomic mass is 10.2. The molecule has 0 aromatic heterocycles. The molecule has 0 aliphatic carbocycles. The van der Waals surface area contributed by atoms with Crippen LogP contribution in [0.3, 0.4) is 0 Å². The zero-order valence-corrected chi connectivity index (χ0v) is 12.5. The Morgan fingerprint density at radius 1 is 1.10 bits per heavy atom. The van der Waals surface area contributed by atoms with Gasteiger partial charge in [0.25, 0.3) is 5.69 Å². The largest absolute Gasteiger partial charge is 0.445 e. The van der Waals surface area contributed by atoms with Gasteiger partial charge < -0.3 is 9.64 Å². The third-order valence-corrected chi connectivity index (χ3v) is 3.20. The maximum Gasteiger partial charge on any atom is 0.269 e. The number of anilines is 1. The van der Waals surface area contributed by atoms with Gasteiger partial charge in [0.1, 0.15) is 5.75 Å². The van der Waals surface area contributed by atoms with E-state index in [9.17, 15) is 10.1 Å². The number of ether oxygens (including phenoxy) is 1. The van der Waals surface area contributed by atoms with Crippen LogP contribution in [-0.2, 0) is 0 Å². The molecule has 0 unspecified atom stereocenters. The fourth-order valence-corrected chi connectivity index (χ4v) is 1.93. The fraction of sp³-hybridized carbons (Fsp3) is 0.133. The molecule has 0 amide bonds. The smallest absolute Gasteiger partial charge is 0.269 e. The van der Waals surface area contributed by atoms with E-state index in [-0.39, 0.29) is 5.69 Å². The summed E-state index contributed by atoms with van der Waals surface area (Å²) >= 11 is 5.23. The lowest BCUT2D eigenvalue weighted by Gasteiger charge is -2.13. The van der Waals surface area contributed by atoms with E-state index < -0.39 is 4.92 Å². The van der Waals surface area contributed by atoms with Gasteiger partial charge in [0.2, 0.25) is 0 Å². The van der Waals surface area contributed by atoms with E-state index >= 15 is 0 Å². The SMILES string of the molecule is CN(C)c1ccc(C(=S)Oc2ccc([N+](=O)[O-])cc2)cc1. The number of rotatable bonds is 4. The molecule has 0 radical (unpaired) electrons. The minimum Gasteiger partial charge on any atom is -0.445 e. The van der Waals surface area contributed by atoms with Gasteiger partial charge in [0.15, 0.2) is 5.05 Å². The summed E-state index contributed by atoms with van der Waals surface area (Å²) in [5.41, 5.74) is 1.87. The summed E-state index contributed by atoms with van der Waals surface area (Å²) in [5.74, 6) is 0.474. The van der Waals surface area contributed by atoms with Crippen LogP contribution in [0.15, 0.2) is 48.5 Å². The van der Waals surface area contributed by atoms with Crippen molar-refractivity contribution in [3.05, 3.63) is 64.2 Å². The Morgan fingerprint density at radius 2 is 1.67 bits per heavy atom. The number of nitrogens with zero attached hydrogens (tertiary/aromatic N) is 2. The number of hydrogen-bond acceptors (Lipinski definition) is 5. The Balaban J connectivity index is 2.08. The molecule has 0 bridgehead atoms. The second-order valence-electron chi connectivity index (χ2n) is 4.58. The number of benzene rings is 2. The minimum absolute atomic E-state index is 0.0172. The first-order valence-corrected chi connectivity index (χ1v) is 6.62. The fourth-order valence-electron chi connectivity index (χ4n) is 1.70. The van der Waals surface area contributed by atoms with Gasteiger partial charge in [0, 0.05) is 37.5 Å². The second kappa shape index (κ2) is 6.32. The first kappa shape index (κ1) is 14.9. The Morgan fingerprint density at radius 3 is 2.14 bits per heavy atom. The molecule has 2 rings (SSSR count). The molecular formula is C15H14N2O3S. The van der Waals surface area contributed by atoms with Crippen LogP contribution in [0.4, 0.5) is 11.4 Å². The van der Waals surface area contributed by atoms with Crippen molar-refractivity contribution in [3.8, 4) is 5.75 Å². The van der Waals surface area contributed by atoms with Crippen LogP contribution in [-0.4, -0.2) is 24.1 Å². The highest BCUT2D eigenvalue weighted by Gasteiger charge is 2.08. The third-order valence-electron chi connectivity index (χ3n) is 2.88. The summed E-state index contributed by atoms with van der Waals surface area (Å²) in [6.07, 6.45) is 0. The van der Waals surface area contributed by atoms with Gasteiger partial charge in [-0.3, -0.25) is 10.1 Å². The topological polar surface area (TPSA) is 55.6 Å². The van der Waals surface area contributed by atoms with Gasteiger partial charge in [-0.15, -0.1) is 0 Å². The van der Waals surface area contributed by atoms with Crippen molar-refractivity contribution in [2.75, 3.05) is 19.0 Å². The molecule has 0 spiro atoms. The van der Waals surface area contributed by atoms with E-state index in [1.165, 1.54) is 24.3 Å². The van der Waals surface area contributed by atoms with E-state index in [4.69, 9.17) is 17.0 Å². The van der Waals surface area contributed by atoms with E-state index in [1.807, 2.05) is 43.3 Å². The molecule has 108 valence electrons. The maximum atomic E-state index is 10.6. The molecule has 0 atom stereocenters. The van der Waals surface area contributed by atoms with Gasteiger partial charge in [-0.05, 0) is 48.6 Å². The molecule has 0 fully saturated rings. The molecule has 0 saturated carbocycles. The van der Waals surface area contributed by atoms with Gasteiger partial charge in [-0.1, -0.05) is 0 Å². The van der Waals surface area contributed by atoms with Crippen LogP contribution in [0.25, 0.3) is 0 Å². The number of nitro benzene ring substituents is 1. The minimum atomic E-state index is -0.456. The van der Waals surface area contributed by atoms with Crippen molar-refractivity contribution in [2.24, 2.45) is 0 Å². The average molecular weight is 302 g/mol. The molecule has 2 aromatic carbocycles. The molecule has 0 aliphatic rings. The lowest BCUT2D eigenvalue weighted by molar-refractivity contribution is -0.384. The second-order valence-corrected chi connectivity index (χ2v) is 4.95. The normalized spacial score (nSPS) is 10.0. The van der Waals surface area contributed by atoms with Crippen LogP contribution >= 0.6 is 12.2 Å². The predicted molar refractivity (Wildman–Crippen MR) is 86.2 cm³/mol. The van der Waals surface area contributed by atoms with E-state index in [0.29, 0.717) is 10.8 Å². The standard InChI is InChI=1S/C15H14N2O3S/c1-16(2)12-5-3-11(4-6-12)15(21)20-14-9-7-13(8-10-14)17(18)19/h3-10H,1-2H3. The monoisotopic (exact) mass is 302 g/mol. The lowest BCUT2D eigenvalue weighted by Crippen LogP contribution is -2.10. The first-order chi connectivity index (χ1) is 9.97. The molecule has 0 saturated heterocycles. The zero-order chi connectivity index (χ0) is 15.4. The first-order valence-electron chi connectivity index (χ1n) is 6.21. The van der Waals surface area contributed by atoms with Crippen molar-refractivity contribution in [3.63, 3.8) is 0 Å². The number of non-ortho nitro benzene ring substituents is 1. The summed E-state index contributed by atoms with van der Waals surface area (Å²) in [4.78, 5) is 12.1. The average Bonchev–Trinajstić information content (AvgIpc) is 2.47. The van der Waals surface area contributed by atoms with Crippen molar-refractivity contribution in [1.82, 2.24) is 0 Å². The molecule has 2 aromatic rings. The van der Waals surface area contributed by atoms with Crippen LogP contribution in [0.1, 0.15) is 5.56 Å². The highest BCUT2D eigenvalue weighted by atomic mass is 32.1. The molecule has 0 aliphatic heterocycles. The van der Waals surface area contributed by atoms with Crippen molar-refractivity contribution in [1.29, 1.82) is 0 Å². The Labute approximate surface area is 127 Å². The molecular weight excluding hydrogens is 288 g/mol. The Bertz CT molecular complexity index is 652. The zero-order valence-electron chi connectivity index (χ0n) is 11.6. The van der Waals surface area contributed by atoms with Crippen LogP contribution in [0, 0.1) is 10.1 Å². The van der Waals surface area contributed by atoms with Crippen molar-refractivity contribution in [2.45, 2.75) is 0 Å². The van der Waals surface area contributed by atoms with E-state index in [0.717, 1.165) is 11.3 Å². The van der Waals surface area contributed by atoms with Crippen LogP contribution in [0.5, 0.6) is 5.75 Å². The number of nitro groups is 1. The molecule has 0 N–H and O–H groups in total. The van der Waals surface area contributed by atoms with Crippen LogP contribution < -0.4 is 9.64 Å². The maximum absolute atomic E-state index is 10.6. The van der Waals surface area contributed by atoms with Crippen LogP contribution in [0.2, 0.25) is 0 Å². The van der Waals surface area contributed by atoms with Gasteiger partial charge in [-0.2, -0.15) is 0 Å². The summed E-state index contributed by atoms with van der Waals surface area (Å²) < 4.78 is 5.53. The quantitative estimate of drug-likeness (QED) is 0.492. The highest BCUT2D eigenvalue weighted by molar-refractivity contribution is 7.80. The molecule has 21 heavy (non-hydrogen) atoms. The predicted octanol–water partition coefficient (Wildman–Crippen LogP) is 3.42. The van der Waals surface area contributed by atoms with Gasteiger partial charge in [0.05, 0.1) is 4.92 Å². The Kier molecular flexibility index (Phi) is 4.49. The summed E-state index contributed by atoms with van der Waals surface area (Å²) in [7, 11) is 3.92. The summed E-state index contributed by atoms with van der Waals surface area (Å²) in [5, 5.41) is 10.9. The summed E-state index contributed by atoms with van der Waals surface area (Å²) in [6.45, 7) is 0. The summed E-state index contributed by atoms with van der Waals surface area (Å²) in [6, 6.07) is 13.5. The van der Waals surface area contributed by atoms with Gasteiger partial charge in [-0.25, -0.2) is 0 Å². The molecule has 0 heterocycles. The van der Waals surface area contributed by atoms with E-state index in [2.05, 4.69) is 0 Å². The Hall–Kier alpha value is -2.47. The van der Waals surface area contributed by atoms with E-state index in [1.54, 1.807) is 0 Å². The highest BCUT2D eigenvalue weighted by Crippen LogP contribution is 2.19. The van der Waals surface area contributed by atoms with Gasteiger partial charge >= 0.3 is 0 Å². The third kappa shape index (κ3) is 3.76.